The van der Waals surface area contributed by atoms with Crippen molar-refractivity contribution in [2.45, 2.75) is 6.92 Å². The Kier molecular flexibility index (Phi) is 7.15. The summed E-state index contributed by atoms with van der Waals surface area (Å²) in [5, 5.41) is 12.4. The SMILES string of the molecule is COc1cc(C(=O)Oc2ccc([N+](=O)[O-])cc2/C=C2/C(=O)NN(c3ccccc3)C2=O)ccc1OC(C)=O. The molecule has 12 nitrogen and oxygen atoms in total. The van der Waals surface area contributed by atoms with Crippen LogP contribution in [0.5, 0.6) is 17.2 Å². The Hall–Kier alpha value is -5.52. The van der Waals surface area contributed by atoms with Gasteiger partial charge in [0.25, 0.3) is 17.5 Å². The molecule has 1 aliphatic heterocycles. The molecule has 192 valence electrons. The summed E-state index contributed by atoms with van der Waals surface area (Å²) in [4.78, 5) is 60.4. The highest BCUT2D eigenvalue weighted by molar-refractivity contribution is 6.31. The number of ether oxygens (including phenoxy) is 3. The van der Waals surface area contributed by atoms with Gasteiger partial charge in [-0.15, -0.1) is 0 Å². The highest BCUT2D eigenvalue weighted by Gasteiger charge is 2.35. The second kappa shape index (κ2) is 10.6. The summed E-state index contributed by atoms with van der Waals surface area (Å²) in [5.74, 6) is -2.86. The van der Waals surface area contributed by atoms with Gasteiger partial charge in [-0.3, -0.25) is 29.9 Å². The molecule has 3 aromatic carbocycles. The fourth-order valence-electron chi connectivity index (χ4n) is 3.52. The monoisotopic (exact) mass is 517 g/mol. The minimum atomic E-state index is -0.876. The smallest absolute Gasteiger partial charge is 0.343 e. The fraction of sp³-hybridized carbons (Fsp3) is 0.0769. The van der Waals surface area contributed by atoms with Crippen LogP contribution in [0.25, 0.3) is 6.08 Å². The van der Waals surface area contributed by atoms with Gasteiger partial charge in [0.05, 0.1) is 23.3 Å². The number of nitrogens with zero attached hydrogens (tertiary/aromatic N) is 2. The molecule has 0 atom stereocenters. The molecular formula is C26H19N3O9. The molecule has 0 bridgehead atoms. The molecule has 1 saturated heterocycles. The maximum atomic E-state index is 13.0. The molecule has 1 fully saturated rings. The number of anilines is 1. The van der Waals surface area contributed by atoms with Gasteiger partial charge < -0.3 is 14.2 Å². The summed E-state index contributed by atoms with van der Waals surface area (Å²) in [5.41, 5.74) is 2.13. The van der Waals surface area contributed by atoms with E-state index in [9.17, 15) is 29.3 Å². The lowest BCUT2D eigenvalue weighted by atomic mass is 10.1. The number of non-ortho nitro benzene ring substituents is 1. The number of benzene rings is 3. The summed E-state index contributed by atoms with van der Waals surface area (Å²) < 4.78 is 15.6. The quantitative estimate of drug-likeness (QED) is 0.124. The molecule has 0 spiro atoms. The second-order valence-corrected chi connectivity index (χ2v) is 7.80. The number of hydrazine groups is 1. The van der Waals surface area contributed by atoms with Gasteiger partial charge in [0.2, 0.25) is 0 Å². The lowest BCUT2D eigenvalue weighted by molar-refractivity contribution is -0.384. The number of carbonyl (C=O) groups is 4. The number of methoxy groups -OCH3 is 1. The van der Waals surface area contributed by atoms with Crippen molar-refractivity contribution in [3.8, 4) is 17.2 Å². The first-order chi connectivity index (χ1) is 18.2. The Morgan fingerprint density at radius 3 is 2.32 bits per heavy atom. The van der Waals surface area contributed by atoms with Gasteiger partial charge in [-0.25, -0.2) is 9.80 Å². The first kappa shape index (κ1) is 25.6. The zero-order valence-electron chi connectivity index (χ0n) is 20.0. The number of carbonyl (C=O) groups excluding carboxylic acids is 4. The highest BCUT2D eigenvalue weighted by atomic mass is 16.6. The van der Waals surface area contributed by atoms with Crippen LogP contribution in [0, 0.1) is 10.1 Å². The van der Waals surface area contributed by atoms with Gasteiger partial charge in [-0.05, 0) is 42.5 Å². The van der Waals surface area contributed by atoms with Crippen LogP contribution in [0.2, 0.25) is 0 Å². The van der Waals surface area contributed by atoms with Crippen molar-refractivity contribution in [2.75, 3.05) is 12.1 Å². The van der Waals surface area contributed by atoms with Gasteiger partial charge in [-0.1, -0.05) is 18.2 Å². The Balaban J connectivity index is 1.68. The number of nitrogens with one attached hydrogen (secondary N) is 1. The van der Waals surface area contributed by atoms with Gasteiger partial charge in [0.1, 0.15) is 11.3 Å². The van der Waals surface area contributed by atoms with Crippen molar-refractivity contribution in [3.63, 3.8) is 0 Å². The van der Waals surface area contributed by atoms with Crippen LogP contribution >= 0.6 is 0 Å². The van der Waals surface area contributed by atoms with Crippen molar-refractivity contribution < 1.29 is 38.3 Å². The van der Waals surface area contributed by atoms with Crippen LogP contribution in [-0.2, 0) is 14.4 Å². The third-order valence-electron chi connectivity index (χ3n) is 5.27. The number of amides is 2. The maximum Gasteiger partial charge on any atom is 0.343 e. The topological polar surface area (TPSA) is 154 Å². The number of nitro benzene ring substituents is 1. The Labute approximate surface area is 215 Å². The largest absolute Gasteiger partial charge is 0.493 e. The van der Waals surface area contributed by atoms with Gasteiger partial charge >= 0.3 is 11.9 Å². The Morgan fingerprint density at radius 2 is 1.66 bits per heavy atom. The van der Waals surface area contributed by atoms with E-state index in [1.807, 2.05) is 0 Å². The van der Waals surface area contributed by atoms with Crippen LogP contribution in [0.4, 0.5) is 11.4 Å². The zero-order valence-corrected chi connectivity index (χ0v) is 20.0. The summed E-state index contributed by atoms with van der Waals surface area (Å²) in [6.07, 6.45) is 1.11. The van der Waals surface area contributed by atoms with E-state index in [4.69, 9.17) is 14.2 Å². The molecule has 0 saturated carbocycles. The molecular weight excluding hydrogens is 498 g/mol. The molecule has 1 N–H and O–H groups in total. The van der Waals surface area contributed by atoms with Crippen molar-refractivity contribution in [2.24, 2.45) is 0 Å². The average molecular weight is 517 g/mol. The predicted octanol–water partition coefficient (Wildman–Crippen LogP) is 3.21. The third kappa shape index (κ3) is 5.33. The van der Waals surface area contributed by atoms with E-state index in [0.717, 1.165) is 23.2 Å². The molecule has 38 heavy (non-hydrogen) atoms. The average Bonchev–Trinajstić information content (AvgIpc) is 3.18. The van der Waals surface area contributed by atoms with E-state index in [2.05, 4.69) is 5.43 Å². The number of hydrogen-bond acceptors (Lipinski definition) is 9. The standard InChI is InChI=1S/C26H19N3O9/c1-15(30)37-22-10-8-16(14-23(22)36-2)26(33)38-21-11-9-19(29(34)35)12-17(21)13-20-24(31)27-28(25(20)32)18-6-4-3-5-7-18/h3-14H,1-2H3,(H,27,31)/b20-13-. The van der Waals surface area contributed by atoms with E-state index in [0.29, 0.717) is 5.69 Å². The minimum absolute atomic E-state index is 0.0136. The van der Waals surface area contributed by atoms with E-state index < -0.39 is 28.7 Å². The molecule has 12 heteroatoms. The van der Waals surface area contributed by atoms with Gasteiger partial charge in [-0.2, -0.15) is 0 Å². The summed E-state index contributed by atoms with van der Waals surface area (Å²) in [6, 6.07) is 15.7. The van der Waals surface area contributed by atoms with E-state index in [-0.39, 0.29) is 39.6 Å². The number of para-hydroxylation sites is 1. The van der Waals surface area contributed by atoms with Gasteiger partial charge in [0.15, 0.2) is 11.5 Å². The molecule has 3 aromatic rings. The molecule has 0 radical (unpaired) electrons. The van der Waals surface area contributed by atoms with Crippen molar-refractivity contribution in [1.82, 2.24) is 5.43 Å². The Bertz CT molecular complexity index is 1500. The molecule has 2 amide bonds. The first-order valence-corrected chi connectivity index (χ1v) is 11.0. The third-order valence-corrected chi connectivity index (χ3v) is 5.27. The molecule has 0 aromatic heterocycles. The maximum absolute atomic E-state index is 13.0. The van der Waals surface area contributed by atoms with Crippen molar-refractivity contribution >= 4 is 41.2 Å². The second-order valence-electron chi connectivity index (χ2n) is 7.80. The van der Waals surface area contributed by atoms with Crippen molar-refractivity contribution in [3.05, 3.63) is 93.5 Å². The van der Waals surface area contributed by atoms with E-state index in [1.54, 1.807) is 30.3 Å². The molecule has 1 aliphatic rings. The zero-order chi connectivity index (χ0) is 27.4. The van der Waals surface area contributed by atoms with Gasteiger partial charge in [0, 0.05) is 24.6 Å². The molecule has 0 unspecified atom stereocenters. The summed E-state index contributed by atoms with van der Waals surface area (Å²) >= 11 is 0. The highest BCUT2D eigenvalue weighted by Crippen LogP contribution is 2.31. The van der Waals surface area contributed by atoms with Crippen LogP contribution in [-0.4, -0.2) is 35.8 Å². The van der Waals surface area contributed by atoms with Crippen molar-refractivity contribution in [1.29, 1.82) is 0 Å². The minimum Gasteiger partial charge on any atom is -0.493 e. The van der Waals surface area contributed by atoms with E-state index >= 15 is 0 Å². The normalized spacial score (nSPS) is 13.7. The van der Waals surface area contributed by atoms with Crippen LogP contribution in [0.15, 0.2) is 72.3 Å². The van der Waals surface area contributed by atoms with Crippen LogP contribution in [0.3, 0.4) is 0 Å². The predicted molar refractivity (Wildman–Crippen MR) is 132 cm³/mol. The number of nitro groups is 1. The van der Waals surface area contributed by atoms with Crippen LogP contribution in [0.1, 0.15) is 22.8 Å². The lowest BCUT2D eigenvalue weighted by Gasteiger charge is -2.14. The summed E-state index contributed by atoms with van der Waals surface area (Å²) in [7, 11) is 1.32. The van der Waals surface area contributed by atoms with E-state index in [1.165, 1.54) is 38.3 Å². The first-order valence-electron chi connectivity index (χ1n) is 11.0. The molecule has 1 heterocycles. The number of esters is 2. The summed E-state index contributed by atoms with van der Waals surface area (Å²) in [6.45, 7) is 1.21. The molecule has 4 rings (SSSR count). The lowest BCUT2D eigenvalue weighted by Crippen LogP contribution is -2.35. The number of rotatable bonds is 7. The number of hydrogen-bond donors (Lipinski definition) is 1. The Morgan fingerprint density at radius 1 is 0.947 bits per heavy atom. The fourth-order valence-corrected chi connectivity index (χ4v) is 3.52. The molecule has 0 aliphatic carbocycles. The van der Waals surface area contributed by atoms with Crippen LogP contribution < -0.4 is 24.6 Å².